The minimum absolute atomic E-state index is 0.126. The molecule has 3 aromatic rings. The Labute approximate surface area is 104 Å². The lowest BCUT2D eigenvalue weighted by Crippen LogP contribution is -2.18. The number of fused-ring (bicyclic) bond motifs is 3. The molecule has 0 unspecified atom stereocenters. The SMILES string of the molecule is CC(C)(C)c1nc2cc(F)ccc2c2nccn12. The van der Waals surface area contributed by atoms with Crippen molar-refractivity contribution in [2.24, 2.45) is 0 Å². The average Bonchev–Trinajstić information content (AvgIpc) is 2.74. The van der Waals surface area contributed by atoms with E-state index < -0.39 is 0 Å². The summed E-state index contributed by atoms with van der Waals surface area (Å²) < 4.78 is 15.3. The first kappa shape index (κ1) is 11.1. The van der Waals surface area contributed by atoms with Crippen LogP contribution in [0, 0.1) is 5.82 Å². The number of benzene rings is 1. The van der Waals surface area contributed by atoms with E-state index in [1.165, 1.54) is 12.1 Å². The van der Waals surface area contributed by atoms with Crippen molar-refractivity contribution >= 4 is 16.6 Å². The van der Waals surface area contributed by atoms with Gasteiger partial charge >= 0.3 is 0 Å². The predicted molar refractivity (Wildman–Crippen MR) is 69.2 cm³/mol. The Kier molecular flexibility index (Phi) is 2.17. The zero-order chi connectivity index (χ0) is 12.9. The van der Waals surface area contributed by atoms with Crippen LogP contribution in [0.2, 0.25) is 0 Å². The Morgan fingerprint density at radius 2 is 2.00 bits per heavy atom. The normalized spacial score (nSPS) is 12.4. The van der Waals surface area contributed by atoms with Gasteiger partial charge < -0.3 is 0 Å². The van der Waals surface area contributed by atoms with Gasteiger partial charge in [-0.2, -0.15) is 0 Å². The third-order valence-electron chi connectivity index (χ3n) is 2.97. The number of aromatic nitrogens is 3. The second-order valence-corrected chi connectivity index (χ2v) is 5.47. The molecule has 0 bridgehead atoms. The molecule has 0 aliphatic heterocycles. The predicted octanol–water partition coefficient (Wildman–Crippen LogP) is 3.32. The Hall–Kier alpha value is -1.97. The number of imidazole rings is 1. The lowest BCUT2D eigenvalue weighted by atomic mass is 9.95. The van der Waals surface area contributed by atoms with Crippen LogP contribution < -0.4 is 0 Å². The molecule has 18 heavy (non-hydrogen) atoms. The van der Waals surface area contributed by atoms with E-state index >= 15 is 0 Å². The fourth-order valence-corrected chi connectivity index (χ4v) is 2.16. The second-order valence-electron chi connectivity index (χ2n) is 5.47. The quantitative estimate of drug-likeness (QED) is 0.606. The first-order chi connectivity index (χ1) is 8.47. The third-order valence-corrected chi connectivity index (χ3v) is 2.97. The molecule has 0 amide bonds. The Morgan fingerprint density at radius 1 is 1.22 bits per heavy atom. The number of hydrogen-bond donors (Lipinski definition) is 0. The molecule has 4 heteroatoms. The highest BCUT2D eigenvalue weighted by Gasteiger charge is 2.21. The molecule has 0 atom stereocenters. The van der Waals surface area contributed by atoms with Crippen LogP contribution in [0.25, 0.3) is 16.6 Å². The largest absolute Gasteiger partial charge is 0.287 e. The van der Waals surface area contributed by atoms with E-state index in [-0.39, 0.29) is 11.2 Å². The molecule has 2 aromatic heterocycles. The van der Waals surface area contributed by atoms with Crippen LogP contribution in [0.1, 0.15) is 26.6 Å². The van der Waals surface area contributed by atoms with Gasteiger partial charge in [0, 0.05) is 29.3 Å². The molecule has 0 N–H and O–H groups in total. The van der Waals surface area contributed by atoms with E-state index in [0.29, 0.717) is 5.52 Å². The molecule has 3 nitrogen and oxygen atoms in total. The number of nitrogens with zero attached hydrogens (tertiary/aromatic N) is 3. The van der Waals surface area contributed by atoms with Crippen LogP contribution in [-0.4, -0.2) is 14.4 Å². The van der Waals surface area contributed by atoms with E-state index in [2.05, 4.69) is 30.7 Å². The topological polar surface area (TPSA) is 30.2 Å². The molecule has 0 aliphatic rings. The molecule has 1 aromatic carbocycles. The molecule has 3 rings (SSSR count). The van der Waals surface area contributed by atoms with Crippen molar-refractivity contribution in [2.45, 2.75) is 26.2 Å². The van der Waals surface area contributed by atoms with Crippen LogP contribution in [0.4, 0.5) is 4.39 Å². The number of hydrogen-bond acceptors (Lipinski definition) is 2. The fraction of sp³-hybridized carbons (Fsp3) is 0.286. The van der Waals surface area contributed by atoms with Crippen LogP contribution >= 0.6 is 0 Å². The van der Waals surface area contributed by atoms with Gasteiger partial charge in [-0.3, -0.25) is 4.40 Å². The maximum Gasteiger partial charge on any atom is 0.147 e. The minimum atomic E-state index is -0.272. The van der Waals surface area contributed by atoms with Crippen molar-refractivity contribution in [3.63, 3.8) is 0 Å². The average molecular weight is 243 g/mol. The van der Waals surface area contributed by atoms with Gasteiger partial charge in [-0.25, -0.2) is 14.4 Å². The Bertz CT molecular complexity index is 738. The summed E-state index contributed by atoms with van der Waals surface area (Å²) in [6.07, 6.45) is 3.64. The molecule has 0 aliphatic carbocycles. The first-order valence-electron chi connectivity index (χ1n) is 5.89. The summed E-state index contributed by atoms with van der Waals surface area (Å²) in [6.45, 7) is 6.25. The highest BCUT2D eigenvalue weighted by Crippen LogP contribution is 2.26. The van der Waals surface area contributed by atoms with Gasteiger partial charge in [-0.05, 0) is 12.1 Å². The monoisotopic (exact) mass is 243 g/mol. The highest BCUT2D eigenvalue weighted by atomic mass is 19.1. The summed E-state index contributed by atoms with van der Waals surface area (Å²) in [5, 5.41) is 0.870. The van der Waals surface area contributed by atoms with Gasteiger partial charge in [0.05, 0.1) is 5.52 Å². The van der Waals surface area contributed by atoms with Gasteiger partial charge in [-0.15, -0.1) is 0 Å². The van der Waals surface area contributed by atoms with Crippen molar-refractivity contribution in [3.05, 3.63) is 42.2 Å². The molecule has 2 heterocycles. The first-order valence-corrected chi connectivity index (χ1v) is 5.89. The zero-order valence-corrected chi connectivity index (χ0v) is 10.6. The summed E-state index contributed by atoms with van der Waals surface area (Å²) in [6, 6.07) is 4.63. The van der Waals surface area contributed by atoms with E-state index in [4.69, 9.17) is 0 Å². The standard InChI is InChI=1S/C14H14FN3/c1-14(2,3)13-17-11-8-9(15)4-5-10(11)12-16-6-7-18(12)13/h4-8H,1-3H3. The number of rotatable bonds is 0. The smallest absolute Gasteiger partial charge is 0.147 e. The highest BCUT2D eigenvalue weighted by molar-refractivity contribution is 5.91. The maximum atomic E-state index is 13.3. The van der Waals surface area contributed by atoms with Crippen LogP contribution in [0.15, 0.2) is 30.6 Å². The van der Waals surface area contributed by atoms with Gasteiger partial charge in [-0.1, -0.05) is 20.8 Å². The van der Waals surface area contributed by atoms with Gasteiger partial charge in [0.25, 0.3) is 0 Å². The molecule has 0 spiro atoms. The third kappa shape index (κ3) is 1.56. The summed E-state index contributed by atoms with van der Waals surface area (Å²) in [4.78, 5) is 8.94. The van der Waals surface area contributed by atoms with Crippen molar-refractivity contribution < 1.29 is 4.39 Å². The van der Waals surface area contributed by atoms with Crippen LogP contribution in [0.5, 0.6) is 0 Å². The van der Waals surface area contributed by atoms with Gasteiger partial charge in [0.2, 0.25) is 0 Å². The summed E-state index contributed by atoms with van der Waals surface area (Å²) in [7, 11) is 0. The van der Waals surface area contributed by atoms with Gasteiger partial charge in [0.15, 0.2) is 0 Å². The molecule has 0 radical (unpaired) electrons. The van der Waals surface area contributed by atoms with E-state index in [1.807, 2.05) is 10.6 Å². The summed E-state index contributed by atoms with van der Waals surface area (Å²) in [5.74, 6) is 0.610. The van der Waals surface area contributed by atoms with Crippen LogP contribution in [0.3, 0.4) is 0 Å². The molecule has 0 saturated carbocycles. The van der Waals surface area contributed by atoms with Crippen molar-refractivity contribution in [2.75, 3.05) is 0 Å². The fourth-order valence-electron chi connectivity index (χ4n) is 2.16. The molecule has 0 saturated heterocycles. The van der Waals surface area contributed by atoms with E-state index in [1.54, 1.807) is 12.3 Å². The zero-order valence-electron chi connectivity index (χ0n) is 10.6. The maximum absolute atomic E-state index is 13.3. The Morgan fingerprint density at radius 3 is 2.72 bits per heavy atom. The van der Waals surface area contributed by atoms with Crippen LogP contribution in [-0.2, 0) is 5.41 Å². The van der Waals surface area contributed by atoms with Crippen molar-refractivity contribution in [1.29, 1.82) is 0 Å². The summed E-state index contributed by atoms with van der Waals surface area (Å²) >= 11 is 0. The van der Waals surface area contributed by atoms with Gasteiger partial charge in [0.1, 0.15) is 17.3 Å². The van der Waals surface area contributed by atoms with Crippen molar-refractivity contribution in [1.82, 2.24) is 14.4 Å². The molecule has 92 valence electrons. The van der Waals surface area contributed by atoms with Crippen molar-refractivity contribution in [3.8, 4) is 0 Å². The summed E-state index contributed by atoms with van der Waals surface area (Å²) in [5.41, 5.74) is 1.35. The minimum Gasteiger partial charge on any atom is -0.287 e. The second kappa shape index (κ2) is 3.51. The molecular weight excluding hydrogens is 229 g/mol. The van der Waals surface area contributed by atoms with E-state index in [0.717, 1.165) is 16.9 Å². The molecular formula is C14H14FN3. The number of halogens is 1. The van der Waals surface area contributed by atoms with E-state index in [9.17, 15) is 4.39 Å². The Balaban J connectivity index is 2.51. The lowest BCUT2D eigenvalue weighted by molar-refractivity contribution is 0.539. The lowest BCUT2D eigenvalue weighted by Gasteiger charge is -2.20. The molecule has 0 fully saturated rings.